The predicted octanol–water partition coefficient (Wildman–Crippen LogP) is 4.47. The molecule has 1 aromatic rings. The van der Waals surface area contributed by atoms with Gasteiger partial charge in [-0.05, 0) is 5.75 Å². The standard InChI is InChI=1S/C13H10Cl2F3N5O4S/c1-2-28-12-20-8(19)4-7(14)21(12)10-6(22(24)25)3-5(13(16,17)18)9(15)11(10)23(26)27/h3-4,12H,2H2,1H3,(H2,19,20). The first-order valence-corrected chi connectivity index (χ1v) is 9.04. The van der Waals surface area contributed by atoms with Gasteiger partial charge in [0.1, 0.15) is 16.0 Å². The van der Waals surface area contributed by atoms with Gasteiger partial charge < -0.3 is 5.73 Å². The van der Waals surface area contributed by atoms with Crippen LogP contribution in [0.2, 0.25) is 5.02 Å². The van der Waals surface area contributed by atoms with Crippen LogP contribution in [-0.4, -0.2) is 26.9 Å². The van der Waals surface area contributed by atoms with Gasteiger partial charge in [-0.25, -0.2) is 4.99 Å². The topological polar surface area (TPSA) is 128 Å². The van der Waals surface area contributed by atoms with Crippen molar-refractivity contribution in [2.75, 3.05) is 10.7 Å². The van der Waals surface area contributed by atoms with Crippen molar-refractivity contribution < 1.29 is 23.0 Å². The summed E-state index contributed by atoms with van der Waals surface area (Å²) in [5.74, 6) is 0.327. The number of hydrogen-bond donors (Lipinski definition) is 1. The third kappa shape index (κ3) is 4.10. The fourth-order valence-corrected chi connectivity index (χ4v) is 3.90. The Bertz CT molecular complexity index is 909. The molecule has 1 aliphatic heterocycles. The van der Waals surface area contributed by atoms with Crippen molar-refractivity contribution in [2.45, 2.75) is 18.6 Å². The van der Waals surface area contributed by atoms with Crippen molar-refractivity contribution in [3.05, 3.63) is 48.1 Å². The van der Waals surface area contributed by atoms with Gasteiger partial charge in [0.2, 0.25) is 5.69 Å². The number of hydrogen-bond acceptors (Lipinski definition) is 8. The molecule has 1 aromatic carbocycles. The van der Waals surface area contributed by atoms with Crippen LogP contribution in [0.15, 0.2) is 22.3 Å². The van der Waals surface area contributed by atoms with Crippen LogP contribution >= 0.6 is 35.0 Å². The highest BCUT2D eigenvalue weighted by atomic mass is 35.5. The van der Waals surface area contributed by atoms with E-state index < -0.39 is 49.2 Å². The summed E-state index contributed by atoms with van der Waals surface area (Å²) in [6, 6.07) is 0.129. The van der Waals surface area contributed by atoms with E-state index in [1.165, 1.54) is 0 Å². The quantitative estimate of drug-likeness (QED) is 0.390. The molecule has 0 saturated carbocycles. The number of nitrogens with two attached hydrogens (primary N) is 1. The molecule has 1 aliphatic rings. The van der Waals surface area contributed by atoms with Gasteiger partial charge in [-0.1, -0.05) is 30.1 Å². The first kappa shape index (κ1) is 22.0. The second-order valence-corrected chi connectivity index (χ2v) is 7.24. The smallest absolute Gasteiger partial charge is 0.384 e. The van der Waals surface area contributed by atoms with Gasteiger partial charge in [0.05, 0.1) is 15.4 Å². The Morgan fingerprint density at radius 2 is 1.93 bits per heavy atom. The molecular formula is C13H10Cl2F3N5O4S. The number of alkyl halides is 3. The zero-order valence-corrected chi connectivity index (χ0v) is 16.1. The Kier molecular flexibility index (Phi) is 6.31. The van der Waals surface area contributed by atoms with Crippen LogP contribution < -0.4 is 10.6 Å². The zero-order chi connectivity index (χ0) is 21.4. The molecule has 0 amide bonds. The minimum absolute atomic E-state index is 0.0597. The number of rotatable bonds is 5. The van der Waals surface area contributed by atoms with Gasteiger partial charge in [-0.2, -0.15) is 13.2 Å². The number of nitro benzene ring substituents is 2. The lowest BCUT2D eigenvalue weighted by molar-refractivity contribution is -0.392. The minimum Gasteiger partial charge on any atom is -0.384 e. The van der Waals surface area contributed by atoms with Crippen LogP contribution in [0.1, 0.15) is 12.5 Å². The summed E-state index contributed by atoms with van der Waals surface area (Å²) in [6.45, 7) is 1.70. The van der Waals surface area contributed by atoms with Crippen LogP contribution in [0.25, 0.3) is 0 Å². The van der Waals surface area contributed by atoms with Gasteiger partial charge in [0.25, 0.3) is 0 Å². The lowest BCUT2D eigenvalue weighted by Gasteiger charge is -2.32. The van der Waals surface area contributed by atoms with E-state index >= 15 is 0 Å². The average Bonchev–Trinajstić information content (AvgIpc) is 2.52. The van der Waals surface area contributed by atoms with Gasteiger partial charge >= 0.3 is 17.6 Å². The number of nitrogens with zero attached hydrogens (tertiary/aromatic N) is 4. The Morgan fingerprint density at radius 1 is 1.32 bits per heavy atom. The SMILES string of the molecule is CCSC1N=C(N)C=C(Cl)N1c1c([N+](=O)[O-])cc(C(F)(F)F)c(Cl)c1[N+](=O)[O-]. The number of nitro groups is 2. The van der Waals surface area contributed by atoms with Crippen LogP contribution in [0, 0.1) is 20.2 Å². The van der Waals surface area contributed by atoms with Crippen LogP contribution in [0.3, 0.4) is 0 Å². The summed E-state index contributed by atoms with van der Waals surface area (Å²) in [5, 5.41) is 21.4. The highest BCUT2D eigenvalue weighted by Crippen LogP contribution is 2.51. The van der Waals surface area contributed by atoms with Crippen LogP contribution in [0.4, 0.5) is 30.2 Å². The van der Waals surface area contributed by atoms with E-state index in [1.807, 2.05) is 0 Å². The Balaban J connectivity index is 2.93. The maximum absolute atomic E-state index is 13.2. The summed E-state index contributed by atoms with van der Waals surface area (Å²) in [6.07, 6.45) is -4.10. The molecule has 9 nitrogen and oxygen atoms in total. The van der Waals surface area contributed by atoms with E-state index in [0.29, 0.717) is 5.75 Å². The maximum atomic E-state index is 13.2. The molecular weight excluding hydrogens is 450 g/mol. The summed E-state index contributed by atoms with van der Waals surface area (Å²) >= 11 is 12.8. The summed E-state index contributed by atoms with van der Waals surface area (Å²) in [5.41, 5.74) is -0.540. The number of aliphatic imine (C=N–C) groups is 1. The van der Waals surface area contributed by atoms with Crippen molar-refractivity contribution in [1.82, 2.24) is 0 Å². The summed E-state index contributed by atoms with van der Waals surface area (Å²) in [7, 11) is 0. The maximum Gasteiger partial charge on any atom is 0.418 e. The number of amidine groups is 1. The van der Waals surface area contributed by atoms with E-state index in [0.717, 1.165) is 22.7 Å². The van der Waals surface area contributed by atoms with Crippen molar-refractivity contribution in [3.63, 3.8) is 0 Å². The summed E-state index contributed by atoms with van der Waals surface area (Å²) < 4.78 is 39.6. The largest absolute Gasteiger partial charge is 0.418 e. The Hall–Kier alpha value is -2.25. The number of anilines is 1. The van der Waals surface area contributed by atoms with Gasteiger partial charge in [-0.15, -0.1) is 11.8 Å². The molecule has 0 spiro atoms. The number of halogens is 5. The lowest BCUT2D eigenvalue weighted by atomic mass is 10.1. The van der Waals surface area contributed by atoms with Crippen molar-refractivity contribution in [3.8, 4) is 0 Å². The van der Waals surface area contributed by atoms with Crippen molar-refractivity contribution in [1.29, 1.82) is 0 Å². The molecule has 0 saturated heterocycles. The van der Waals surface area contributed by atoms with E-state index in [9.17, 15) is 33.4 Å². The molecule has 0 aromatic heterocycles. The molecule has 152 valence electrons. The molecule has 2 N–H and O–H groups in total. The molecule has 15 heteroatoms. The molecule has 0 bridgehead atoms. The second kappa shape index (κ2) is 8.01. The first-order valence-electron chi connectivity index (χ1n) is 7.23. The third-order valence-corrected chi connectivity index (χ3v) is 5.03. The molecule has 0 fully saturated rings. The molecule has 1 unspecified atom stereocenters. The predicted molar refractivity (Wildman–Crippen MR) is 99.7 cm³/mol. The number of benzene rings is 1. The van der Waals surface area contributed by atoms with E-state index in [4.69, 9.17) is 28.9 Å². The first-order chi connectivity index (χ1) is 12.9. The molecule has 1 heterocycles. The highest BCUT2D eigenvalue weighted by Gasteiger charge is 2.45. The monoisotopic (exact) mass is 459 g/mol. The second-order valence-electron chi connectivity index (χ2n) is 5.14. The Morgan fingerprint density at radius 3 is 2.39 bits per heavy atom. The van der Waals surface area contributed by atoms with Gasteiger partial charge in [-0.3, -0.25) is 25.1 Å². The van der Waals surface area contributed by atoms with E-state index in [-0.39, 0.29) is 17.1 Å². The van der Waals surface area contributed by atoms with Gasteiger partial charge in [0, 0.05) is 12.1 Å². The average molecular weight is 460 g/mol. The third-order valence-electron chi connectivity index (χ3n) is 3.41. The number of thioether (sulfide) groups is 1. The van der Waals surface area contributed by atoms with E-state index in [2.05, 4.69) is 4.99 Å². The van der Waals surface area contributed by atoms with Gasteiger partial charge in [0.15, 0.2) is 5.50 Å². The minimum atomic E-state index is -5.16. The van der Waals surface area contributed by atoms with Crippen molar-refractivity contribution in [2.24, 2.45) is 10.7 Å². The van der Waals surface area contributed by atoms with E-state index in [1.54, 1.807) is 6.92 Å². The van der Waals surface area contributed by atoms with Crippen LogP contribution in [-0.2, 0) is 6.18 Å². The van der Waals surface area contributed by atoms with Crippen molar-refractivity contribution >= 4 is 57.9 Å². The molecule has 0 aliphatic carbocycles. The molecule has 1 atom stereocenters. The lowest BCUT2D eigenvalue weighted by Crippen LogP contribution is -2.36. The van der Waals surface area contributed by atoms with Crippen LogP contribution in [0.5, 0.6) is 0 Å². The summed E-state index contributed by atoms with van der Waals surface area (Å²) in [4.78, 5) is 25.5. The highest BCUT2D eigenvalue weighted by molar-refractivity contribution is 7.99. The normalized spacial score (nSPS) is 17.2. The molecule has 28 heavy (non-hydrogen) atoms. The fraction of sp³-hybridized carbons (Fsp3) is 0.308. The molecule has 0 radical (unpaired) electrons. The fourth-order valence-electron chi connectivity index (χ4n) is 2.37. The zero-order valence-electron chi connectivity index (χ0n) is 13.7. The Labute approximate surface area is 169 Å². The molecule has 2 rings (SSSR count).